The highest BCUT2D eigenvalue weighted by Gasteiger charge is 2.31. The molecule has 0 radical (unpaired) electrons. The summed E-state index contributed by atoms with van der Waals surface area (Å²) in [7, 11) is 0. The van der Waals surface area contributed by atoms with Crippen LogP contribution in [0.2, 0.25) is 0 Å². The molecule has 5 nitrogen and oxygen atoms in total. The van der Waals surface area contributed by atoms with Gasteiger partial charge in [0.1, 0.15) is 11.7 Å². The van der Waals surface area contributed by atoms with Gasteiger partial charge in [-0.05, 0) is 23.8 Å². The van der Waals surface area contributed by atoms with Crippen molar-refractivity contribution >= 4 is 38.4 Å². The largest absolute Gasteiger partial charge is 0.296 e. The number of nitrogens with one attached hydrogen (secondary N) is 1. The molecule has 1 saturated heterocycles. The highest BCUT2D eigenvalue weighted by molar-refractivity contribution is 9.10. The van der Waals surface area contributed by atoms with Gasteiger partial charge in [-0.15, -0.1) is 0 Å². The van der Waals surface area contributed by atoms with Crippen LogP contribution < -0.4 is 0 Å². The molecule has 0 saturated carbocycles. The van der Waals surface area contributed by atoms with Crippen molar-refractivity contribution in [3.8, 4) is 0 Å². The first-order valence-corrected chi connectivity index (χ1v) is 9.61. The van der Waals surface area contributed by atoms with Gasteiger partial charge >= 0.3 is 0 Å². The molecule has 1 aromatic heterocycles. The van der Waals surface area contributed by atoms with Crippen molar-refractivity contribution in [3.63, 3.8) is 0 Å². The lowest BCUT2D eigenvalue weighted by atomic mass is 10.0. The maximum absolute atomic E-state index is 4.89. The molecule has 6 heteroatoms. The normalized spacial score (nSPS) is 20.1. The lowest BCUT2D eigenvalue weighted by Gasteiger charge is -2.30. The van der Waals surface area contributed by atoms with Gasteiger partial charge in [0.2, 0.25) is 0 Å². The third-order valence-electron chi connectivity index (χ3n) is 5.01. The van der Waals surface area contributed by atoms with Crippen molar-refractivity contribution in [2.75, 3.05) is 13.1 Å². The minimum Gasteiger partial charge on any atom is -0.296 e. The number of H-pyrrole nitrogens is 1. The Kier molecular flexibility index (Phi) is 3.94. The number of hydrogen-bond donors (Lipinski definition) is 1. The number of aliphatic imine (C=N–C) groups is 2. The number of likely N-dealkylation sites (tertiary alicyclic amines) is 1. The predicted octanol–water partition coefficient (Wildman–Crippen LogP) is 3.80. The lowest BCUT2D eigenvalue weighted by molar-refractivity contribution is 0.255. The van der Waals surface area contributed by atoms with E-state index in [4.69, 9.17) is 9.98 Å². The molecule has 26 heavy (non-hydrogen) atoms. The molecule has 2 aliphatic rings. The van der Waals surface area contributed by atoms with Crippen LogP contribution in [-0.2, 0) is 6.54 Å². The quantitative estimate of drug-likeness (QED) is 0.717. The first kappa shape index (κ1) is 15.9. The van der Waals surface area contributed by atoms with Crippen molar-refractivity contribution in [2.45, 2.75) is 19.0 Å². The molecule has 1 fully saturated rings. The highest BCUT2D eigenvalue weighted by Crippen LogP contribution is 2.25. The van der Waals surface area contributed by atoms with Crippen LogP contribution in [-0.4, -0.2) is 45.8 Å². The second kappa shape index (κ2) is 6.45. The summed E-state index contributed by atoms with van der Waals surface area (Å²) in [6.45, 7) is 2.92. The first-order valence-electron chi connectivity index (χ1n) is 8.82. The summed E-state index contributed by atoms with van der Waals surface area (Å²) >= 11 is 3.50. The van der Waals surface area contributed by atoms with E-state index in [2.05, 4.69) is 67.4 Å². The minimum atomic E-state index is 0.157. The van der Waals surface area contributed by atoms with Crippen LogP contribution in [0.4, 0.5) is 0 Å². The lowest BCUT2D eigenvalue weighted by Crippen LogP contribution is -2.41. The fourth-order valence-electron chi connectivity index (χ4n) is 3.70. The Hall–Kier alpha value is -2.31. The molecular weight excluding hydrogens is 390 g/mol. The summed E-state index contributed by atoms with van der Waals surface area (Å²) in [5.41, 5.74) is 4.39. The number of nitrogens with zero attached hydrogens (tertiary/aromatic N) is 4. The Morgan fingerprint density at radius 2 is 2.04 bits per heavy atom. The molecule has 5 rings (SSSR count). The summed E-state index contributed by atoms with van der Waals surface area (Å²) in [6, 6.07) is 16.9. The second-order valence-electron chi connectivity index (χ2n) is 6.80. The van der Waals surface area contributed by atoms with Crippen LogP contribution in [0.3, 0.4) is 0 Å². The van der Waals surface area contributed by atoms with E-state index in [0.717, 1.165) is 53.0 Å². The topological polar surface area (TPSA) is 56.6 Å². The Bertz CT molecular complexity index is 1020. The molecule has 130 valence electrons. The van der Waals surface area contributed by atoms with E-state index >= 15 is 0 Å². The minimum absolute atomic E-state index is 0.157. The summed E-state index contributed by atoms with van der Waals surface area (Å²) in [4.78, 5) is 12.2. The van der Waals surface area contributed by atoms with Crippen LogP contribution >= 0.6 is 15.9 Å². The zero-order chi connectivity index (χ0) is 17.5. The van der Waals surface area contributed by atoms with Crippen LogP contribution in [0.15, 0.2) is 63.0 Å². The van der Waals surface area contributed by atoms with Gasteiger partial charge in [0, 0.05) is 41.6 Å². The Labute approximate surface area is 160 Å². The molecule has 0 aliphatic carbocycles. The number of fused-ring (bicyclic) bond motifs is 2. The number of aromatic nitrogens is 2. The molecule has 2 aliphatic heterocycles. The van der Waals surface area contributed by atoms with E-state index in [1.165, 1.54) is 11.3 Å². The maximum Gasteiger partial charge on any atom is 0.176 e. The zero-order valence-corrected chi connectivity index (χ0v) is 15.8. The van der Waals surface area contributed by atoms with Gasteiger partial charge in [-0.25, -0.2) is 4.99 Å². The van der Waals surface area contributed by atoms with Crippen LogP contribution in [0.25, 0.3) is 10.9 Å². The summed E-state index contributed by atoms with van der Waals surface area (Å²) in [5, 5.41) is 8.62. The van der Waals surface area contributed by atoms with Gasteiger partial charge in [0.15, 0.2) is 5.84 Å². The number of halogens is 1. The monoisotopic (exact) mass is 407 g/mol. The van der Waals surface area contributed by atoms with Gasteiger partial charge in [0.05, 0.1) is 5.52 Å². The number of benzene rings is 2. The van der Waals surface area contributed by atoms with E-state index in [-0.39, 0.29) is 6.04 Å². The second-order valence-corrected chi connectivity index (χ2v) is 7.72. The molecule has 1 N–H and O–H groups in total. The fourth-order valence-corrected chi connectivity index (χ4v) is 4.06. The van der Waals surface area contributed by atoms with E-state index in [0.29, 0.717) is 0 Å². The highest BCUT2D eigenvalue weighted by atomic mass is 79.9. The number of rotatable bonds is 3. The smallest absolute Gasteiger partial charge is 0.176 e. The number of piperidine rings is 1. The fraction of sp³-hybridized carbons (Fsp3) is 0.250. The standard InChI is InChI=1S/C20H18BrN5/c21-14-6-7-15-17(10-14)24-25-19(15)20-22-16-8-9-26(12-18(16)23-20)11-13-4-2-1-3-5-13/h1-7,10,18H,8-9,11-12H2,(H,24,25). The van der Waals surface area contributed by atoms with Crippen molar-refractivity contribution in [2.24, 2.45) is 9.98 Å². The Morgan fingerprint density at radius 3 is 2.92 bits per heavy atom. The van der Waals surface area contributed by atoms with Crippen LogP contribution in [0, 0.1) is 0 Å². The van der Waals surface area contributed by atoms with Gasteiger partial charge in [-0.3, -0.25) is 15.0 Å². The van der Waals surface area contributed by atoms with E-state index in [1.54, 1.807) is 0 Å². The van der Waals surface area contributed by atoms with Gasteiger partial charge in [-0.2, -0.15) is 5.10 Å². The van der Waals surface area contributed by atoms with Crippen molar-refractivity contribution in [1.82, 2.24) is 15.1 Å². The third kappa shape index (κ3) is 2.89. The zero-order valence-electron chi connectivity index (χ0n) is 14.2. The molecular formula is C20H18BrN5. The van der Waals surface area contributed by atoms with E-state index in [9.17, 15) is 0 Å². The Morgan fingerprint density at radius 1 is 1.15 bits per heavy atom. The summed E-state index contributed by atoms with van der Waals surface area (Å²) < 4.78 is 1.03. The van der Waals surface area contributed by atoms with Crippen molar-refractivity contribution < 1.29 is 0 Å². The number of hydrogen-bond acceptors (Lipinski definition) is 4. The Balaban J connectivity index is 1.38. The van der Waals surface area contributed by atoms with Crippen LogP contribution in [0.1, 0.15) is 17.7 Å². The van der Waals surface area contributed by atoms with Gasteiger partial charge in [-0.1, -0.05) is 46.3 Å². The summed E-state index contributed by atoms with van der Waals surface area (Å²) in [6.07, 6.45) is 0.971. The first-order chi connectivity index (χ1) is 12.8. The van der Waals surface area contributed by atoms with Crippen molar-refractivity contribution in [3.05, 3.63) is 64.3 Å². The maximum atomic E-state index is 4.89. The van der Waals surface area contributed by atoms with E-state index in [1.807, 2.05) is 12.1 Å². The molecule has 1 unspecified atom stereocenters. The number of aromatic amines is 1. The van der Waals surface area contributed by atoms with Crippen LogP contribution in [0.5, 0.6) is 0 Å². The molecule has 0 spiro atoms. The van der Waals surface area contributed by atoms with Crippen molar-refractivity contribution in [1.29, 1.82) is 0 Å². The molecule has 3 heterocycles. The molecule has 2 aromatic carbocycles. The molecule has 3 aromatic rings. The average Bonchev–Trinajstić information content (AvgIpc) is 3.25. The molecule has 1 atom stereocenters. The van der Waals surface area contributed by atoms with Gasteiger partial charge < -0.3 is 0 Å². The van der Waals surface area contributed by atoms with E-state index < -0.39 is 0 Å². The third-order valence-corrected chi connectivity index (χ3v) is 5.51. The number of amidine groups is 1. The average molecular weight is 408 g/mol. The SMILES string of the molecule is Brc1ccc2c(C3=NC4CN(Cc5ccccc5)CCC4=N3)n[nH]c2c1. The summed E-state index contributed by atoms with van der Waals surface area (Å²) in [5.74, 6) is 0.764. The predicted molar refractivity (Wildman–Crippen MR) is 108 cm³/mol. The molecule has 0 amide bonds. The van der Waals surface area contributed by atoms with Gasteiger partial charge in [0.25, 0.3) is 0 Å². The molecule has 0 bridgehead atoms.